The van der Waals surface area contributed by atoms with Gasteiger partial charge in [-0.25, -0.2) is 0 Å². The number of nitrogens with zero attached hydrogens (tertiary/aromatic N) is 3. The van der Waals surface area contributed by atoms with E-state index in [1.807, 2.05) is 59.1 Å². The number of rotatable bonds is 5. The fourth-order valence-electron chi connectivity index (χ4n) is 3.39. The van der Waals surface area contributed by atoms with Crippen LogP contribution in [0.2, 0.25) is 0 Å². The van der Waals surface area contributed by atoms with Gasteiger partial charge in [0, 0.05) is 30.4 Å². The molecule has 0 spiro atoms. The normalized spacial score (nSPS) is 15.4. The quantitative estimate of drug-likeness (QED) is 0.782. The molecule has 3 rings (SSSR count). The van der Waals surface area contributed by atoms with Crippen molar-refractivity contribution < 1.29 is 4.79 Å². The van der Waals surface area contributed by atoms with E-state index in [-0.39, 0.29) is 11.9 Å². The van der Waals surface area contributed by atoms with Crippen LogP contribution in [0.4, 0.5) is 0 Å². The van der Waals surface area contributed by atoms with E-state index in [0.717, 1.165) is 18.4 Å². The first-order chi connectivity index (χ1) is 12.2. The zero-order valence-corrected chi connectivity index (χ0v) is 14.8. The standard InChI is InChI=1S/C21H25N3O/c1-18(24-16-8-14-22-24)17-21(25)23(20-12-5-6-13-20)15-7-11-19-9-3-2-4-10-19/h2-4,8-10,14,16,18,20H,5-6,12-13,15,17H2,1H3/t18-/m1/s1. The molecule has 2 aromatic rings. The van der Waals surface area contributed by atoms with Crippen LogP contribution >= 0.6 is 0 Å². The molecular formula is C21H25N3O. The van der Waals surface area contributed by atoms with Gasteiger partial charge in [-0.3, -0.25) is 9.48 Å². The molecular weight excluding hydrogens is 310 g/mol. The van der Waals surface area contributed by atoms with Gasteiger partial charge in [-0.15, -0.1) is 0 Å². The van der Waals surface area contributed by atoms with Gasteiger partial charge in [-0.05, 0) is 38.0 Å². The summed E-state index contributed by atoms with van der Waals surface area (Å²) < 4.78 is 1.85. The fraction of sp³-hybridized carbons (Fsp3) is 0.429. The maximum Gasteiger partial charge on any atom is 0.225 e. The van der Waals surface area contributed by atoms with Gasteiger partial charge in [-0.1, -0.05) is 42.9 Å². The molecule has 1 amide bonds. The summed E-state index contributed by atoms with van der Waals surface area (Å²) in [5, 5.41) is 4.25. The van der Waals surface area contributed by atoms with Gasteiger partial charge in [0.1, 0.15) is 0 Å². The van der Waals surface area contributed by atoms with Crippen molar-refractivity contribution in [2.45, 2.75) is 51.1 Å². The van der Waals surface area contributed by atoms with E-state index in [4.69, 9.17) is 0 Å². The van der Waals surface area contributed by atoms with Crippen molar-refractivity contribution in [2.75, 3.05) is 6.54 Å². The molecule has 1 fully saturated rings. The first kappa shape index (κ1) is 17.3. The topological polar surface area (TPSA) is 38.1 Å². The van der Waals surface area contributed by atoms with E-state index < -0.39 is 0 Å². The summed E-state index contributed by atoms with van der Waals surface area (Å²) in [7, 11) is 0. The molecule has 0 saturated heterocycles. The molecule has 0 unspecified atom stereocenters. The van der Waals surface area contributed by atoms with Crippen molar-refractivity contribution >= 4 is 5.91 Å². The SMILES string of the molecule is C[C@H](CC(=O)N(CC#Cc1ccccc1)C1CCCC1)n1cccn1. The Bertz CT molecular complexity index is 722. The summed E-state index contributed by atoms with van der Waals surface area (Å²) in [5.74, 6) is 6.55. The van der Waals surface area contributed by atoms with Gasteiger partial charge in [0.15, 0.2) is 0 Å². The molecule has 1 aliphatic carbocycles. The Kier molecular flexibility index (Phi) is 5.90. The number of hydrogen-bond donors (Lipinski definition) is 0. The number of aromatic nitrogens is 2. The van der Waals surface area contributed by atoms with E-state index in [0.29, 0.717) is 19.0 Å². The summed E-state index contributed by atoms with van der Waals surface area (Å²) in [5.41, 5.74) is 0.992. The largest absolute Gasteiger partial charge is 0.328 e. The highest BCUT2D eigenvalue weighted by Gasteiger charge is 2.27. The maximum atomic E-state index is 12.9. The van der Waals surface area contributed by atoms with Crippen LogP contribution in [0.5, 0.6) is 0 Å². The van der Waals surface area contributed by atoms with Crippen LogP contribution in [-0.4, -0.2) is 33.2 Å². The number of carbonyl (C=O) groups is 1. The molecule has 0 aliphatic heterocycles. The minimum atomic E-state index is 0.0634. The molecule has 1 aliphatic rings. The fourth-order valence-corrected chi connectivity index (χ4v) is 3.39. The highest BCUT2D eigenvalue weighted by Crippen LogP contribution is 2.25. The molecule has 1 saturated carbocycles. The second-order valence-corrected chi connectivity index (χ2v) is 6.67. The second kappa shape index (κ2) is 8.53. The third-order valence-electron chi connectivity index (χ3n) is 4.79. The van der Waals surface area contributed by atoms with Crippen LogP contribution < -0.4 is 0 Å². The minimum absolute atomic E-state index is 0.0634. The Labute approximate surface area is 149 Å². The van der Waals surface area contributed by atoms with Crippen molar-refractivity contribution in [2.24, 2.45) is 0 Å². The van der Waals surface area contributed by atoms with Crippen LogP contribution in [0.3, 0.4) is 0 Å². The van der Waals surface area contributed by atoms with Gasteiger partial charge in [0.2, 0.25) is 5.91 Å². The van der Waals surface area contributed by atoms with Crippen molar-refractivity contribution in [3.63, 3.8) is 0 Å². The molecule has 130 valence electrons. The maximum absolute atomic E-state index is 12.9. The average molecular weight is 335 g/mol. The summed E-state index contributed by atoms with van der Waals surface area (Å²) in [4.78, 5) is 14.9. The van der Waals surface area contributed by atoms with Crippen LogP contribution in [-0.2, 0) is 4.79 Å². The monoisotopic (exact) mass is 335 g/mol. The first-order valence-corrected chi connectivity index (χ1v) is 9.06. The minimum Gasteiger partial charge on any atom is -0.328 e. The van der Waals surface area contributed by atoms with E-state index in [2.05, 4.69) is 16.9 Å². The summed E-state index contributed by atoms with van der Waals surface area (Å²) in [6, 6.07) is 12.2. The number of benzene rings is 1. The van der Waals surface area contributed by atoms with Gasteiger partial charge in [0.25, 0.3) is 0 Å². The molecule has 25 heavy (non-hydrogen) atoms. The second-order valence-electron chi connectivity index (χ2n) is 6.67. The predicted octanol–water partition coefficient (Wildman–Crippen LogP) is 3.66. The van der Waals surface area contributed by atoms with Crippen LogP contribution in [0.15, 0.2) is 48.8 Å². The molecule has 1 atom stereocenters. The van der Waals surface area contributed by atoms with Gasteiger partial charge in [0.05, 0.1) is 12.6 Å². The number of hydrogen-bond acceptors (Lipinski definition) is 2. The van der Waals surface area contributed by atoms with E-state index in [1.165, 1.54) is 12.8 Å². The zero-order valence-electron chi connectivity index (χ0n) is 14.8. The highest BCUT2D eigenvalue weighted by molar-refractivity contribution is 5.77. The van der Waals surface area contributed by atoms with Gasteiger partial charge < -0.3 is 4.90 Å². The van der Waals surface area contributed by atoms with E-state index in [9.17, 15) is 4.79 Å². The van der Waals surface area contributed by atoms with E-state index >= 15 is 0 Å². The highest BCUT2D eigenvalue weighted by atomic mass is 16.2. The molecule has 1 aromatic heterocycles. The third kappa shape index (κ3) is 4.73. The first-order valence-electron chi connectivity index (χ1n) is 9.06. The predicted molar refractivity (Wildman–Crippen MR) is 98.8 cm³/mol. The molecule has 4 heteroatoms. The number of carbonyl (C=O) groups excluding carboxylic acids is 1. The average Bonchev–Trinajstić information content (AvgIpc) is 3.33. The smallest absolute Gasteiger partial charge is 0.225 e. The lowest BCUT2D eigenvalue weighted by Gasteiger charge is -2.28. The Hall–Kier alpha value is -2.54. The lowest BCUT2D eigenvalue weighted by molar-refractivity contribution is -0.133. The van der Waals surface area contributed by atoms with Crippen molar-refractivity contribution in [3.8, 4) is 11.8 Å². The van der Waals surface area contributed by atoms with Gasteiger partial charge in [-0.2, -0.15) is 5.10 Å². The van der Waals surface area contributed by atoms with Crippen molar-refractivity contribution in [1.29, 1.82) is 0 Å². The molecule has 1 aromatic carbocycles. The lowest BCUT2D eigenvalue weighted by atomic mass is 10.1. The summed E-state index contributed by atoms with van der Waals surface area (Å²) >= 11 is 0. The third-order valence-corrected chi connectivity index (χ3v) is 4.79. The molecule has 1 heterocycles. The molecule has 0 N–H and O–H groups in total. The zero-order chi connectivity index (χ0) is 17.5. The number of amides is 1. The van der Waals surface area contributed by atoms with Gasteiger partial charge >= 0.3 is 0 Å². The Morgan fingerprint density at radius 1 is 1.28 bits per heavy atom. The lowest BCUT2D eigenvalue weighted by Crippen LogP contribution is -2.40. The van der Waals surface area contributed by atoms with Crippen LogP contribution in [0.25, 0.3) is 0 Å². The molecule has 4 nitrogen and oxygen atoms in total. The van der Waals surface area contributed by atoms with Crippen LogP contribution in [0, 0.1) is 11.8 Å². The Balaban J connectivity index is 1.66. The molecule has 0 bridgehead atoms. The summed E-state index contributed by atoms with van der Waals surface area (Å²) in [6.07, 6.45) is 8.72. The Morgan fingerprint density at radius 2 is 2.04 bits per heavy atom. The van der Waals surface area contributed by atoms with Crippen molar-refractivity contribution in [3.05, 3.63) is 54.4 Å². The van der Waals surface area contributed by atoms with Crippen molar-refractivity contribution in [1.82, 2.24) is 14.7 Å². The van der Waals surface area contributed by atoms with E-state index in [1.54, 1.807) is 6.20 Å². The summed E-state index contributed by atoms with van der Waals surface area (Å²) in [6.45, 7) is 2.54. The molecule has 0 radical (unpaired) electrons. The van der Waals surface area contributed by atoms with Crippen LogP contribution in [0.1, 0.15) is 50.6 Å². The Morgan fingerprint density at radius 3 is 2.72 bits per heavy atom.